The average molecular weight is 447 g/mol. The van der Waals surface area contributed by atoms with Crippen LogP contribution in [-0.2, 0) is 10.3 Å². The van der Waals surface area contributed by atoms with E-state index in [2.05, 4.69) is 15.5 Å². The molecule has 8 heteroatoms. The fourth-order valence-electron chi connectivity index (χ4n) is 5.06. The molecule has 33 heavy (non-hydrogen) atoms. The number of amides is 3. The molecule has 0 radical (unpaired) electrons. The van der Waals surface area contributed by atoms with Gasteiger partial charge in [0.1, 0.15) is 5.54 Å². The van der Waals surface area contributed by atoms with E-state index in [9.17, 15) is 14.4 Å². The lowest BCUT2D eigenvalue weighted by Gasteiger charge is -2.35. The van der Waals surface area contributed by atoms with E-state index < -0.39 is 5.54 Å². The van der Waals surface area contributed by atoms with Gasteiger partial charge in [0, 0.05) is 36.4 Å². The summed E-state index contributed by atoms with van der Waals surface area (Å²) in [7, 11) is 0. The molecule has 2 heterocycles. The van der Waals surface area contributed by atoms with Crippen LogP contribution in [0.25, 0.3) is 10.8 Å². The maximum absolute atomic E-state index is 13.0. The summed E-state index contributed by atoms with van der Waals surface area (Å²) in [4.78, 5) is 44.5. The highest BCUT2D eigenvalue weighted by molar-refractivity contribution is 6.25. The highest BCUT2D eigenvalue weighted by atomic mass is 16.5. The zero-order chi connectivity index (χ0) is 23.0. The first kappa shape index (κ1) is 21.3. The van der Waals surface area contributed by atoms with Crippen molar-refractivity contribution in [3.8, 4) is 0 Å². The highest BCUT2D eigenvalue weighted by Crippen LogP contribution is 2.36. The Hall–Kier alpha value is -3.55. The molecular weight excluding hydrogens is 420 g/mol. The van der Waals surface area contributed by atoms with Crippen molar-refractivity contribution in [3.05, 3.63) is 59.2 Å². The number of hydrogen-bond acceptors (Lipinski definition) is 6. The third kappa shape index (κ3) is 3.79. The van der Waals surface area contributed by atoms with Gasteiger partial charge < -0.3 is 9.84 Å². The van der Waals surface area contributed by atoms with Crippen molar-refractivity contribution in [1.82, 2.24) is 20.4 Å². The van der Waals surface area contributed by atoms with Crippen LogP contribution in [-0.4, -0.2) is 39.3 Å². The molecule has 0 saturated heterocycles. The minimum absolute atomic E-state index is 0.140. The van der Waals surface area contributed by atoms with Crippen molar-refractivity contribution >= 4 is 28.5 Å². The first-order chi connectivity index (χ1) is 16.0. The van der Waals surface area contributed by atoms with Crippen LogP contribution in [0.5, 0.6) is 0 Å². The van der Waals surface area contributed by atoms with Crippen LogP contribution in [0, 0.1) is 6.92 Å². The average Bonchev–Trinajstić information content (AvgIpc) is 3.27. The molecule has 0 unspecified atom stereocenters. The standard InChI is InChI=1S/C25H26N4O4/c1-16-26-24(28-33-16)25(13-3-2-4-14-25)27-20(30)12-7-15-29-22(31)18-10-5-8-17-9-6-11-19(21(17)18)23(29)32/h5-6,8-11H,2-4,7,12-15H2,1H3,(H,27,30). The molecule has 1 saturated carbocycles. The van der Waals surface area contributed by atoms with E-state index in [1.807, 2.05) is 24.3 Å². The van der Waals surface area contributed by atoms with Crippen LogP contribution in [0.4, 0.5) is 0 Å². The molecule has 3 aromatic rings. The van der Waals surface area contributed by atoms with Crippen molar-refractivity contribution < 1.29 is 18.9 Å². The zero-order valence-corrected chi connectivity index (χ0v) is 18.6. The molecular formula is C25H26N4O4. The molecule has 0 spiro atoms. The number of carbonyl (C=O) groups is 3. The third-order valence-corrected chi connectivity index (χ3v) is 6.68. The van der Waals surface area contributed by atoms with Gasteiger partial charge in [-0.15, -0.1) is 0 Å². The van der Waals surface area contributed by atoms with Gasteiger partial charge in [0.2, 0.25) is 11.8 Å². The Morgan fingerprint density at radius 1 is 1.06 bits per heavy atom. The first-order valence-electron chi connectivity index (χ1n) is 11.5. The number of rotatable bonds is 6. The van der Waals surface area contributed by atoms with Crippen LogP contribution in [0.2, 0.25) is 0 Å². The Labute approximate surface area is 191 Å². The highest BCUT2D eigenvalue weighted by Gasteiger charge is 2.39. The van der Waals surface area contributed by atoms with E-state index in [1.54, 1.807) is 19.1 Å². The topological polar surface area (TPSA) is 105 Å². The number of benzene rings is 2. The minimum atomic E-state index is -0.613. The van der Waals surface area contributed by atoms with Gasteiger partial charge in [-0.05, 0) is 36.8 Å². The molecule has 1 N–H and O–H groups in total. The molecule has 170 valence electrons. The largest absolute Gasteiger partial charge is 0.343 e. The van der Waals surface area contributed by atoms with Crippen molar-refractivity contribution in [3.63, 3.8) is 0 Å². The summed E-state index contributed by atoms with van der Waals surface area (Å²) in [6.45, 7) is 1.92. The number of aryl methyl sites for hydroxylation is 1. The zero-order valence-electron chi connectivity index (χ0n) is 18.6. The van der Waals surface area contributed by atoms with E-state index in [4.69, 9.17) is 4.52 Å². The predicted molar refractivity (Wildman–Crippen MR) is 120 cm³/mol. The second-order valence-electron chi connectivity index (χ2n) is 8.90. The quantitative estimate of drug-likeness (QED) is 0.576. The Kier molecular flexibility index (Phi) is 5.44. The second kappa shape index (κ2) is 8.42. The van der Waals surface area contributed by atoms with Gasteiger partial charge in [-0.1, -0.05) is 48.7 Å². The molecule has 1 aromatic heterocycles. The van der Waals surface area contributed by atoms with Crippen LogP contribution in [0.15, 0.2) is 40.9 Å². The fraction of sp³-hybridized carbons (Fsp3) is 0.400. The SMILES string of the molecule is Cc1nc(C2(NC(=O)CCCN3C(=O)c4cccc5cccc(c45)C3=O)CCCCC2)no1. The molecule has 8 nitrogen and oxygen atoms in total. The maximum Gasteiger partial charge on any atom is 0.261 e. The normalized spacial score (nSPS) is 17.4. The number of nitrogens with zero attached hydrogens (tertiary/aromatic N) is 3. The molecule has 3 amide bonds. The Balaban J connectivity index is 1.26. The van der Waals surface area contributed by atoms with Crippen LogP contribution in [0.1, 0.15) is 77.4 Å². The number of nitrogens with one attached hydrogen (secondary N) is 1. The predicted octanol–water partition coefficient (Wildman–Crippen LogP) is 3.88. The fourth-order valence-corrected chi connectivity index (χ4v) is 5.06. The van der Waals surface area contributed by atoms with E-state index in [-0.39, 0.29) is 30.7 Å². The Bertz CT molecular complexity index is 1190. The maximum atomic E-state index is 13.0. The summed E-state index contributed by atoms with van der Waals surface area (Å²) in [5.41, 5.74) is 0.444. The summed E-state index contributed by atoms with van der Waals surface area (Å²) in [5.74, 6) is 0.242. The minimum Gasteiger partial charge on any atom is -0.343 e. The molecule has 5 rings (SSSR count). The summed E-state index contributed by atoms with van der Waals surface area (Å²) >= 11 is 0. The van der Waals surface area contributed by atoms with Gasteiger partial charge in [-0.25, -0.2) is 0 Å². The first-order valence-corrected chi connectivity index (χ1v) is 11.5. The molecule has 0 bridgehead atoms. The van der Waals surface area contributed by atoms with Gasteiger partial charge >= 0.3 is 0 Å². The molecule has 2 aromatic carbocycles. The summed E-state index contributed by atoms with van der Waals surface area (Å²) in [6.07, 6.45) is 5.18. The van der Waals surface area contributed by atoms with Gasteiger partial charge in [0.15, 0.2) is 5.82 Å². The van der Waals surface area contributed by atoms with Gasteiger partial charge in [-0.3, -0.25) is 19.3 Å². The second-order valence-corrected chi connectivity index (χ2v) is 8.90. The molecule has 1 fully saturated rings. The summed E-state index contributed by atoms with van der Waals surface area (Å²) in [5, 5.41) is 8.80. The smallest absolute Gasteiger partial charge is 0.261 e. The monoisotopic (exact) mass is 446 g/mol. The van der Waals surface area contributed by atoms with Crippen molar-refractivity contribution in [2.24, 2.45) is 0 Å². The number of carbonyl (C=O) groups excluding carboxylic acids is 3. The van der Waals surface area contributed by atoms with Gasteiger partial charge in [-0.2, -0.15) is 4.98 Å². The van der Waals surface area contributed by atoms with E-state index >= 15 is 0 Å². The number of hydrogen-bond donors (Lipinski definition) is 1. The summed E-state index contributed by atoms with van der Waals surface area (Å²) in [6, 6.07) is 10.9. The van der Waals surface area contributed by atoms with Gasteiger partial charge in [0.25, 0.3) is 11.8 Å². The molecule has 1 aliphatic carbocycles. The lowest BCUT2D eigenvalue weighted by atomic mass is 9.81. The van der Waals surface area contributed by atoms with Crippen LogP contribution in [0.3, 0.4) is 0 Å². The third-order valence-electron chi connectivity index (χ3n) is 6.68. The van der Waals surface area contributed by atoms with E-state index in [0.29, 0.717) is 34.6 Å². The lowest BCUT2D eigenvalue weighted by Crippen LogP contribution is -2.48. The van der Waals surface area contributed by atoms with Crippen molar-refractivity contribution in [1.29, 1.82) is 0 Å². The molecule has 1 aliphatic heterocycles. The van der Waals surface area contributed by atoms with Crippen LogP contribution >= 0.6 is 0 Å². The number of aromatic nitrogens is 2. The molecule has 2 aliphatic rings. The van der Waals surface area contributed by atoms with E-state index in [1.165, 1.54) is 4.90 Å². The van der Waals surface area contributed by atoms with Gasteiger partial charge in [0.05, 0.1) is 0 Å². The van der Waals surface area contributed by atoms with Crippen molar-refractivity contribution in [2.45, 2.75) is 57.4 Å². The lowest BCUT2D eigenvalue weighted by molar-refractivity contribution is -0.124. The van der Waals surface area contributed by atoms with Crippen molar-refractivity contribution in [2.75, 3.05) is 6.54 Å². The Morgan fingerprint density at radius 2 is 1.73 bits per heavy atom. The van der Waals surface area contributed by atoms with E-state index in [0.717, 1.165) is 37.5 Å². The molecule has 0 atom stereocenters. The van der Waals surface area contributed by atoms with Crippen LogP contribution < -0.4 is 5.32 Å². The number of imide groups is 1. The summed E-state index contributed by atoms with van der Waals surface area (Å²) < 4.78 is 5.17. The Morgan fingerprint density at radius 3 is 2.33 bits per heavy atom.